The van der Waals surface area contributed by atoms with Crippen molar-refractivity contribution in [2.24, 2.45) is 34.5 Å². The SMILES string of the molecule is CCOC(CO[C@@]1(c2ccoc2)CC[C@H]2[C@@H]3CC[C@@H]4C[C@@H](OCCO[Si](C)(C)C(C)(C)C)CC[C@]4(C)[C@H]3CC[C@@]21C)OCC. The lowest BCUT2D eigenvalue weighted by molar-refractivity contribution is -0.229. The molecule has 252 valence electrons. The average molecular weight is 633 g/mol. The molecule has 5 rings (SSSR count). The maximum Gasteiger partial charge on any atom is 0.192 e. The van der Waals surface area contributed by atoms with Crippen LogP contribution in [0.1, 0.15) is 112 Å². The molecule has 1 aromatic rings. The van der Waals surface area contributed by atoms with E-state index in [1.807, 2.05) is 26.4 Å². The minimum atomic E-state index is -1.72. The molecule has 0 spiro atoms. The largest absolute Gasteiger partial charge is 0.472 e. The van der Waals surface area contributed by atoms with Gasteiger partial charge in [0, 0.05) is 24.2 Å². The minimum absolute atomic E-state index is 0.0642. The molecule has 4 aliphatic carbocycles. The quantitative estimate of drug-likeness (QED) is 0.123. The summed E-state index contributed by atoms with van der Waals surface area (Å²) in [6.07, 6.45) is 14.9. The Bertz CT molecular complexity index is 1050. The van der Waals surface area contributed by atoms with Gasteiger partial charge in [-0.3, -0.25) is 0 Å². The molecule has 4 fully saturated rings. The molecule has 1 aromatic heterocycles. The van der Waals surface area contributed by atoms with Crippen molar-refractivity contribution in [3.63, 3.8) is 0 Å². The molecular weight excluding hydrogens is 568 g/mol. The first-order chi connectivity index (χ1) is 20.8. The van der Waals surface area contributed by atoms with Gasteiger partial charge >= 0.3 is 0 Å². The van der Waals surface area contributed by atoms with Gasteiger partial charge in [-0.1, -0.05) is 34.6 Å². The first-order valence-electron chi connectivity index (χ1n) is 18.0. The molecule has 0 radical (unpaired) electrons. The topological polar surface area (TPSA) is 59.3 Å². The van der Waals surface area contributed by atoms with Crippen molar-refractivity contribution in [2.75, 3.05) is 33.0 Å². The third-order valence-corrected chi connectivity index (χ3v) is 18.1. The van der Waals surface area contributed by atoms with E-state index in [-0.39, 0.29) is 22.3 Å². The third kappa shape index (κ3) is 6.28. The molecule has 4 saturated carbocycles. The first-order valence-corrected chi connectivity index (χ1v) is 20.9. The monoisotopic (exact) mass is 632 g/mol. The number of hydrogen-bond acceptors (Lipinski definition) is 6. The molecule has 0 saturated heterocycles. The summed E-state index contributed by atoms with van der Waals surface area (Å²) in [4.78, 5) is 0. The number of hydrogen-bond donors (Lipinski definition) is 0. The third-order valence-electron chi connectivity index (χ3n) is 13.6. The predicted octanol–water partition coefficient (Wildman–Crippen LogP) is 9.34. The molecule has 0 amide bonds. The van der Waals surface area contributed by atoms with Gasteiger partial charge in [0.2, 0.25) is 0 Å². The minimum Gasteiger partial charge on any atom is -0.472 e. The Balaban J connectivity index is 1.25. The highest BCUT2D eigenvalue weighted by Crippen LogP contribution is 2.71. The average Bonchev–Trinajstić information content (AvgIpc) is 3.61. The van der Waals surface area contributed by atoms with Gasteiger partial charge in [0.15, 0.2) is 14.6 Å². The Hall–Kier alpha value is -0.703. The fourth-order valence-electron chi connectivity index (χ4n) is 10.1. The van der Waals surface area contributed by atoms with E-state index in [2.05, 4.69) is 53.8 Å². The van der Waals surface area contributed by atoms with E-state index in [0.717, 1.165) is 37.4 Å². The van der Waals surface area contributed by atoms with Crippen molar-refractivity contribution in [1.82, 2.24) is 0 Å². The van der Waals surface area contributed by atoms with E-state index >= 15 is 0 Å². The lowest BCUT2D eigenvalue weighted by atomic mass is 9.44. The van der Waals surface area contributed by atoms with Crippen molar-refractivity contribution in [3.05, 3.63) is 24.2 Å². The van der Waals surface area contributed by atoms with E-state index < -0.39 is 8.32 Å². The van der Waals surface area contributed by atoms with Gasteiger partial charge in [-0.15, -0.1) is 0 Å². The van der Waals surface area contributed by atoms with Crippen molar-refractivity contribution in [3.8, 4) is 0 Å². The second-order valence-corrected chi connectivity index (χ2v) is 21.3. The van der Waals surface area contributed by atoms with Crippen LogP contribution in [0.2, 0.25) is 18.1 Å². The van der Waals surface area contributed by atoms with E-state index in [1.165, 1.54) is 56.9 Å². The lowest BCUT2D eigenvalue weighted by Gasteiger charge is -2.62. The van der Waals surface area contributed by atoms with Crippen LogP contribution in [0.4, 0.5) is 0 Å². The smallest absolute Gasteiger partial charge is 0.192 e. The lowest BCUT2D eigenvalue weighted by Crippen LogP contribution is -2.57. The maximum absolute atomic E-state index is 7.05. The first kappa shape index (κ1) is 34.6. The summed E-state index contributed by atoms with van der Waals surface area (Å²) in [5.41, 5.74) is 1.31. The van der Waals surface area contributed by atoms with Crippen molar-refractivity contribution >= 4 is 8.32 Å². The van der Waals surface area contributed by atoms with Gasteiger partial charge in [0.25, 0.3) is 0 Å². The van der Waals surface area contributed by atoms with Crippen molar-refractivity contribution in [1.29, 1.82) is 0 Å². The van der Waals surface area contributed by atoms with Crippen LogP contribution in [0.5, 0.6) is 0 Å². The summed E-state index contributed by atoms with van der Waals surface area (Å²) in [5.74, 6) is 2.98. The molecule has 0 N–H and O–H groups in total. The summed E-state index contributed by atoms with van der Waals surface area (Å²) in [6, 6.07) is 2.15. The Labute approximate surface area is 269 Å². The molecule has 0 bridgehead atoms. The van der Waals surface area contributed by atoms with Crippen LogP contribution in [0.25, 0.3) is 0 Å². The zero-order chi connectivity index (χ0) is 31.8. The summed E-state index contributed by atoms with van der Waals surface area (Å²) in [7, 11) is -1.72. The molecule has 1 heterocycles. The van der Waals surface area contributed by atoms with E-state index in [0.29, 0.717) is 37.3 Å². The summed E-state index contributed by atoms with van der Waals surface area (Å²) < 4.78 is 37.5. The maximum atomic E-state index is 7.05. The Kier molecular flexibility index (Phi) is 10.6. The number of ether oxygens (including phenoxy) is 4. The van der Waals surface area contributed by atoms with Crippen molar-refractivity contribution in [2.45, 2.75) is 142 Å². The van der Waals surface area contributed by atoms with Gasteiger partial charge in [0.05, 0.1) is 38.5 Å². The second-order valence-electron chi connectivity index (χ2n) is 16.5. The Morgan fingerprint density at radius 1 is 0.932 bits per heavy atom. The van der Waals surface area contributed by atoms with Gasteiger partial charge in [-0.05, 0) is 125 Å². The van der Waals surface area contributed by atoms with Gasteiger partial charge in [-0.2, -0.15) is 0 Å². The van der Waals surface area contributed by atoms with E-state index in [9.17, 15) is 0 Å². The standard InChI is InChI=1S/C37H64O6Si/c1-10-39-33(40-11-2)26-42-37(28-17-21-38-25-28)20-16-32-30-13-12-27-24-29(41-22-23-43-44(8,9)34(3,4)5)14-18-35(27,6)31(30)15-19-36(32,37)7/h17,21,25,27,29-33H,10-16,18-20,22-24,26H2,1-9H3/t27-,29+,30-,31+,32+,35+,36+,37-/m1/s1. The highest BCUT2D eigenvalue weighted by Gasteiger charge is 2.66. The molecule has 4 aliphatic rings. The van der Waals surface area contributed by atoms with Crippen LogP contribution in [0, 0.1) is 34.5 Å². The molecule has 0 unspecified atom stereocenters. The van der Waals surface area contributed by atoms with E-state index in [1.54, 1.807) is 0 Å². The molecular formula is C37H64O6Si. The Morgan fingerprint density at radius 3 is 2.32 bits per heavy atom. The van der Waals surface area contributed by atoms with Crippen LogP contribution in [0.15, 0.2) is 23.0 Å². The van der Waals surface area contributed by atoms with Crippen molar-refractivity contribution < 1.29 is 27.8 Å². The fourth-order valence-corrected chi connectivity index (χ4v) is 11.1. The van der Waals surface area contributed by atoms with Crippen LogP contribution in [-0.4, -0.2) is 53.7 Å². The zero-order valence-corrected chi connectivity index (χ0v) is 30.5. The number of furan rings is 1. The molecule has 44 heavy (non-hydrogen) atoms. The summed E-state index contributed by atoms with van der Waals surface area (Å²) >= 11 is 0. The molecule has 6 nitrogen and oxygen atoms in total. The van der Waals surface area contributed by atoms with Crippen LogP contribution in [-0.2, 0) is 29.0 Å². The normalized spacial score (nSPS) is 37.5. The fraction of sp³-hybridized carbons (Fsp3) is 0.892. The Morgan fingerprint density at radius 2 is 1.66 bits per heavy atom. The molecule has 8 atom stereocenters. The molecule has 7 heteroatoms. The van der Waals surface area contributed by atoms with Crippen LogP contribution in [0.3, 0.4) is 0 Å². The van der Waals surface area contributed by atoms with Crippen LogP contribution >= 0.6 is 0 Å². The summed E-state index contributed by atoms with van der Waals surface area (Å²) in [6.45, 7) is 24.0. The van der Waals surface area contributed by atoms with Gasteiger partial charge in [-0.25, -0.2) is 0 Å². The second kappa shape index (κ2) is 13.4. The predicted molar refractivity (Wildman–Crippen MR) is 178 cm³/mol. The molecule has 0 aromatic carbocycles. The number of rotatable bonds is 13. The highest BCUT2D eigenvalue weighted by molar-refractivity contribution is 6.74. The molecule has 0 aliphatic heterocycles. The highest BCUT2D eigenvalue weighted by atomic mass is 28.4. The number of fused-ring (bicyclic) bond motifs is 5. The van der Waals surface area contributed by atoms with Gasteiger partial charge < -0.3 is 27.8 Å². The van der Waals surface area contributed by atoms with Gasteiger partial charge in [0.1, 0.15) is 5.60 Å². The zero-order valence-electron chi connectivity index (χ0n) is 29.5. The van der Waals surface area contributed by atoms with Crippen LogP contribution < -0.4 is 0 Å². The van der Waals surface area contributed by atoms with E-state index in [4.69, 9.17) is 27.8 Å². The summed E-state index contributed by atoms with van der Waals surface area (Å²) in [5, 5.41) is 0.243.